The minimum Gasteiger partial charge on any atom is -0.490 e. The van der Waals surface area contributed by atoms with Crippen molar-refractivity contribution < 1.29 is 24.1 Å². The fourth-order valence-electron chi connectivity index (χ4n) is 6.33. The van der Waals surface area contributed by atoms with Gasteiger partial charge in [-0.05, 0) is 103 Å². The second-order valence-corrected chi connectivity index (χ2v) is 11.0. The van der Waals surface area contributed by atoms with Crippen LogP contribution in [0.1, 0.15) is 71.1 Å². The predicted molar refractivity (Wildman–Crippen MR) is 147 cm³/mol. The topological polar surface area (TPSA) is 88.8 Å². The molecule has 6 heteroatoms. The lowest BCUT2D eigenvalue weighted by Crippen LogP contribution is -2.25. The Morgan fingerprint density at radius 2 is 1.67 bits per heavy atom. The molecule has 1 heterocycles. The summed E-state index contributed by atoms with van der Waals surface area (Å²) in [4.78, 5) is 11.2. The van der Waals surface area contributed by atoms with E-state index in [1.807, 2.05) is 36.4 Å². The Labute approximate surface area is 229 Å². The molecule has 200 valence electrons. The smallest absolute Gasteiger partial charge is 0.307 e. The summed E-state index contributed by atoms with van der Waals surface area (Å²) >= 11 is 0. The van der Waals surface area contributed by atoms with E-state index in [0.29, 0.717) is 12.0 Å². The molecule has 6 nitrogen and oxygen atoms in total. The third-order valence-corrected chi connectivity index (χ3v) is 8.39. The van der Waals surface area contributed by atoms with E-state index < -0.39 is 5.97 Å². The lowest BCUT2D eigenvalue weighted by molar-refractivity contribution is -0.138. The van der Waals surface area contributed by atoms with E-state index in [4.69, 9.17) is 14.2 Å². The Kier molecular flexibility index (Phi) is 6.78. The summed E-state index contributed by atoms with van der Waals surface area (Å²) in [7, 11) is 0. The number of hydrogen-bond acceptors (Lipinski definition) is 5. The molecule has 3 aromatic carbocycles. The summed E-state index contributed by atoms with van der Waals surface area (Å²) in [5, 5.41) is 19.3. The van der Waals surface area contributed by atoms with E-state index in [-0.39, 0.29) is 24.0 Å². The van der Waals surface area contributed by atoms with Crippen LogP contribution in [0.25, 0.3) is 11.1 Å². The first-order chi connectivity index (χ1) is 18.9. The molecule has 1 saturated carbocycles. The van der Waals surface area contributed by atoms with E-state index in [1.165, 1.54) is 5.56 Å². The molecule has 3 aromatic rings. The lowest BCUT2D eigenvalue weighted by atomic mass is 9.87. The van der Waals surface area contributed by atoms with Crippen molar-refractivity contribution >= 4 is 5.97 Å². The lowest BCUT2D eigenvalue weighted by Gasteiger charge is -2.24. The first-order valence-electron chi connectivity index (χ1n) is 13.8. The molecule has 1 saturated heterocycles. The van der Waals surface area contributed by atoms with Crippen LogP contribution in [0.3, 0.4) is 0 Å². The highest BCUT2D eigenvalue weighted by Gasteiger charge is 2.44. The third kappa shape index (κ3) is 4.99. The van der Waals surface area contributed by atoms with Gasteiger partial charge in [0.15, 0.2) is 0 Å². The molecule has 1 N–H and O–H groups in total. The van der Waals surface area contributed by atoms with E-state index in [9.17, 15) is 15.2 Å². The van der Waals surface area contributed by atoms with Gasteiger partial charge >= 0.3 is 5.97 Å². The van der Waals surface area contributed by atoms with E-state index in [2.05, 4.69) is 32.0 Å². The van der Waals surface area contributed by atoms with Crippen molar-refractivity contribution in [3.63, 3.8) is 0 Å². The highest BCUT2D eigenvalue weighted by atomic mass is 16.5. The number of carbonyl (C=O) groups is 1. The SMILES string of the molecule is Cc1cc(OC2CCOCC2)cc(C)c1-c1c(C#N)ccc2c1CC[C@H]2Oc1ccc([C@H]2C[C@@H]2C(=O)O)cc1. The van der Waals surface area contributed by atoms with Gasteiger partial charge in [-0.3, -0.25) is 4.79 Å². The Morgan fingerprint density at radius 3 is 2.31 bits per heavy atom. The number of ether oxygens (including phenoxy) is 3. The zero-order valence-electron chi connectivity index (χ0n) is 22.4. The van der Waals surface area contributed by atoms with Crippen molar-refractivity contribution in [1.82, 2.24) is 0 Å². The van der Waals surface area contributed by atoms with Crippen molar-refractivity contribution in [3.8, 4) is 28.7 Å². The van der Waals surface area contributed by atoms with Crippen molar-refractivity contribution in [2.75, 3.05) is 13.2 Å². The fraction of sp³-hybridized carbons (Fsp3) is 0.394. The first kappa shape index (κ1) is 25.5. The number of aliphatic carboxylic acids is 1. The van der Waals surface area contributed by atoms with Crippen LogP contribution in [0.15, 0.2) is 48.5 Å². The second kappa shape index (κ2) is 10.4. The van der Waals surface area contributed by atoms with Crippen molar-refractivity contribution in [2.45, 2.75) is 64.1 Å². The molecule has 0 radical (unpaired) electrons. The maximum absolute atomic E-state index is 11.2. The maximum atomic E-state index is 11.2. The highest BCUT2D eigenvalue weighted by Crippen LogP contribution is 2.48. The number of fused-ring (bicyclic) bond motifs is 1. The zero-order valence-corrected chi connectivity index (χ0v) is 22.4. The molecule has 2 aliphatic carbocycles. The summed E-state index contributed by atoms with van der Waals surface area (Å²) in [6.07, 6.45) is 4.26. The molecule has 1 aliphatic heterocycles. The summed E-state index contributed by atoms with van der Waals surface area (Å²) in [6, 6.07) is 18.4. The normalized spacial score (nSPS) is 22.1. The van der Waals surface area contributed by atoms with Gasteiger partial charge in [-0.1, -0.05) is 18.2 Å². The third-order valence-electron chi connectivity index (χ3n) is 8.39. The molecule has 6 rings (SSSR count). The number of benzene rings is 3. The average Bonchev–Trinajstić information content (AvgIpc) is 3.64. The molecule has 0 unspecified atom stereocenters. The summed E-state index contributed by atoms with van der Waals surface area (Å²) in [5.41, 5.74) is 8.36. The fourth-order valence-corrected chi connectivity index (χ4v) is 6.33. The Bertz CT molecular complexity index is 1430. The van der Waals surface area contributed by atoms with Gasteiger partial charge in [0.2, 0.25) is 0 Å². The van der Waals surface area contributed by atoms with E-state index >= 15 is 0 Å². The van der Waals surface area contributed by atoms with Gasteiger partial charge in [0.25, 0.3) is 0 Å². The first-order valence-corrected chi connectivity index (χ1v) is 13.8. The van der Waals surface area contributed by atoms with Gasteiger partial charge in [-0.15, -0.1) is 0 Å². The number of nitrogens with zero attached hydrogens (tertiary/aromatic N) is 1. The maximum Gasteiger partial charge on any atom is 0.307 e. The van der Waals surface area contributed by atoms with Crippen LogP contribution in [-0.4, -0.2) is 30.4 Å². The molecule has 3 atom stereocenters. The van der Waals surface area contributed by atoms with Crippen LogP contribution in [0.2, 0.25) is 0 Å². The minimum absolute atomic E-state index is 0.0956. The second-order valence-electron chi connectivity index (χ2n) is 11.0. The quantitative estimate of drug-likeness (QED) is 0.373. The number of rotatable bonds is 7. The molecular weight excluding hydrogens is 490 g/mol. The molecular formula is C33H33NO5. The van der Waals surface area contributed by atoms with E-state index in [1.54, 1.807) is 0 Å². The van der Waals surface area contributed by atoms with Gasteiger partial charge in [-0.25, -0.2) is 0 Å². The van der Waals surface area contributed by atoms with Crippen LogP contribution < -0.4 is 9.47 Å². The summed E-state index contributed by atoms with van der Waals surface area (Å²) in [6.45, 7) is 5.67. The van der Waals surface area contributed by atoms with Crippen LogP contribution in [-0.2, 0) is 16.0 Å². The summed E-state index contributed by atoms with van der Waals surface area (Å²) in [5.74, 6) is 0.771. The van der Waals surface area contributed by atoms with Gasteiger partial charge in [0, 0.05) is 18.4 Å². The van der Waals surface area contributed by atoms with Crippen LogP contribution in [0.5, 0.6) is 11.5 Å². The van der Waals surface area contributed by atoms with Crippen LogP contribution >= 0.6 is 0 Å². The zero-order chi connectivity index (χ0) is 27.1. The minimum atomic E-state index is -0.720. The molecule has 3 aliphatic rings. The van der Waals surface area contributed by atoms with Gasteiger partial charge in [0.1, 0.15) is 23.7 Å². The van der Waals surface area contributed by atoms with E-state index in [0.717, 1.165) is 83.8 Å². The van der Waals surface area contributed by atoms with Gasteiger partial charge < -0.3 is 19.3 Å². The molecule has 0 aromatic heterocycles. The molecule has 39 heavy (non-hydrogen) atoms. The van der Waals surface area contributed by atoms with Gasteiger partial charge in [0.05, 0.1) is 30.8 Å². The van der Waals surface area contributed by atoms with Crippen molar-refractivity contribution in [1.29, 1.82) is 5.26 Å². The average molecular weight is 524 g/mol. The monoisotopic (exact) mass is 523 g/mol. The number of carboxylic acid groups (broad SMARTS) is 1. The standard InChI is InChI=1S/C33H33NO5/c1-19-15-25(38-24-11-13-37-14-12-24)16-20(2)31(19)32-22(18-34)5-8-26-27(32)9-10-30(26)39-23-6-3-21(4-7-23)28-17-29(28)33(35)36/h3-8,15-16,24,28-30H,9-14,17H2,1-2H3,(H,35,36)/t28-,29+,30-/m1/s1. The summed E-state index contributed by atoms with van der Waals surface area (Å²) < 4.78 is 18.2. The Balaban J connectivity index is 1.26. The Hall–Kier alpha value is -3.82. The van der Waals surface area contributed by atoms with Crippen LogP contribution in [0.4, 0.5) is 0 Å². The van der Waals surface area contributed by atoms with Crippen LogP contribution in [0, 0.1) is 31.1 Å². The van der Waals surface area contributed by atoms with Crippen molar-refractivity contribution in [3.05, 3.63) is 81.9 Å². The van der Waals surface area contributed by atoms with Gasteiger partial charge in [-0.2, -0.15) is 5.26 Å². The predicted octanol–water partition coefficient (Wildman–Crippen LogP) is 6.65. The molecule has 2 fully saturated rings. The molecule has 0 spiro atoms. The largest absolute Gasteiger partial charge is 0.490 e. The highest BCUT2D eigenvalue weighted by molar-refractivity contribution is 5.81. The molecule has 0 bridgehead atoms. The number of aryl methyl sites for hydroxylation is 2. The molecule has 0 amide bonds. The number of hydrogen-bond donors (Lipinski definition) is 1. The number of nitriles is 1. The number of carboxylic acids is 1. The van der Waals surface area contributed by atoms with Crippen molar-refractivity contribution in [2.24, 2.45) is 5.92 Å². The Morgan fingerprint density at radius 1 is 0.949 bits per heavy atom.